The Morgan fingerprint density at radius 1 is 1.36 bits per heavy atom. The van der Waals surface area contributed by atoms with Gasteiger partial charge in [0.25, 0.3) is 5.56 Å². The van der Waals surface area contributed by atoms with Crippen LogP contribution in [0.2, 0.25) is 0 Å². The van der Waals surface area contributed by atoms with E-state index in [1.54, 1.807) is 12.4 Å². The first-order valence-corrected chi connectivity index (χ1v) is 4.01. The van der Waals surface area contributed by atoms with Crippen LogP contribution in [0.15, 0.2) is 29.7 Å². The van der Waals surface area contributed by atoms with Crippen molar-refractivity contribution < 1.29 is 0 Å². The van der Waals surface area contributed by atoms with Crippen LogP contribution in [0.3, 0.4) is 0 Å². The van der Waals surface area contributed by atoms with E-state index < -0.39 is 0 Å². The van der Waals surface area contributed by atoms with Gasteiger partial charge in [-0.25, -0.2) is 19.5 Å². The molecule has 0 atom stereocenters. The first-order chi connectivity index (χ1) is 6.86. The van der Waals surface area contributed by atoms with Crippen molar-refractivity contribution in [1.82, 2.24) is 24.6 Å². The van der Waals surface area contributed by atoms with E-state index in [-0.39, 0.29) is 5.56 Å². The Kier molecular flexibility index (Phi) is 1.22. The molecule has 1 N–H and O–H groups in total. The number of H-pyrrole nitrogens is 1. The second-order valence-corrected chi connectivity index (χ2v) is 2.85. The van der Waals surface area contributed by atoms with Crippen molar-refractivity contribution in [3.05, 3.63) is 35.3 Å². The fourth-order valence-electron chi connectivity index (χ4n) is 1.41. The lowest BCUT2D eigenvalue weighted by Gasteiger charge is -1.97. The summed E-state index contributed by atoms with van der Waals surface area (Å²) in [4.78, 5) is 23.4. The molecule has 0 spiro atoms. The molecule has 0 aliphatic carbocycles. The van der Waals surface area contributed by atoms with Gasteiger partial charge in [-0.05, 0) is 0 Å². The molecule has 6 nitrogen and oxygen atoms in total. The Morgan fingerprint density at radius 2 is 2.29 bits per heavy atom. The zero-order chi connectivity index (χ0) is 9.54. The van der Waals surface area contributed by atoms with E-state index >= 15 is 0 Å². The van der Waals surface area contributed by atoms with Crippen molar-refractivity contribution in [2.75, 3.05) is 0 Å². The van der Waals surface area contributed by atoms with Crippen LogP contribution in [0.4, 0.5) is 0 Å². The molecule has 3 aromatic heterocycles. The molecule has 0 aliphatic heterocycles. The monoisotopic (exact) mass is 187 g/mol. The SMILES string of the molecule is O=c1[nH]n2ccnc2c2ncncc12. The van der Waals surface area contributed by atoms with E-state index in [1.165, 1.54) is 17.0 Å². The van der Waals surface area contributed by atoms with Crippen LogP contribution in [-0.2, 0) is 0 Å². The molecule has 0 saturated carbocycles. The van der Waals surface area contributed by atoms with Gasteiger partial charge in [-0.1, -0.05) is 0 Å². The number of imidazole rings is 1. The minimum Gasteiger partial charge on any atom is -0.267 e. The number of rotatable bonds is 0. The summed E-state index contributed by atoms with van der Waals surface area (Å²) in [5.41, 5.74) is 0.974. The van der Waals surface area contributed by atoms with Gasteiger partial charge in [0.1, 0.15) is 11.8 Å². The standard InChI is InChI=1S/C8H5N5O/c14-8-5-3-9-4-11-6(5)7-10-1-2-13(7)12-8/h1-4H,(H,12,14). The lowest BCUT2D eigenvalue weighted by atomic mass is 10.3. The van der Waals surface area contributed by atoms with E-state index in [0.717, 1.165) is 0 Å². The Bertz CT molecular complexity index is 668. The molecule has 68 valence electrons. The fraction of sp³-hybridized carbons (Fsp3) is 0. The van der Waals surface area contributed by atoms with Gasteiger partial charge in [0.2, 0.25) is 0 Å². The average Bonchev–Trinajstić information content (AvgIpc) is 2.66. The molecule has 0 unspecified atom stereocenters. The lowest BCUT2D eigenvalue weighted by Crippen LogP contribution is -2.12. The predicted octanol–water partition coefficient (Wildman–Crippen LogP) is -0.0342. The molecular weight excluding hydrogens is 182 g/mol. The molecule has 0 aliphatic rings. The number of hydrogen-bond acceptors (Lipinski definition) is 4. The van der Waals surface area contributed by atoms with Crippen molar-refractivity contribution in [2.24, 2.45) is 0 Å². The molecule has 6 heteroatoms. The minimum absolute atomic E-state index is 0.217. The summed E-state index contributed by atoms with van der Waals surface area (Å²) in [5, 5.41) is 3.08. The van der Waals surface area contributed by atoms with Crippen LogP contribution in [0.25, 0.3) is 16.6 Å². The number of aromatic amines is 1. The molecule has 0 saturated heterocycles. The summed E-state index contributed by atoms with van der Waals surface area (Å²) in [6.45, 7) is 0. The third kappa shape index (κ3) is 0.792. The summed E-state index contributed by atoms with van der Waals surface area (Å²) < 4.78 is 1.54. The smallest absolute Gasteiger partial charge is 0.267 e. The number of nitrogens with zero attached hydrogens (tertiary/aromatic N) is 4. The van der Waals surface area contributed by atoms with Crippen LogP contribution < -0.4 is 5.56 Å². The maximum absolute atomic E-state index is 11.5. The van der Waals surface area contributed by atoms with Crippen LogP contribution in [0, 0.1) is 0 Å². The zero-order valence-electron chi connectivity index (χ0n) is 7.01. The number of nitrogens with one attached hydrogen (secondary N) is 1. The minimum atomic E-state index is -0.217. The van der Waals surface area contributed by atoms with Gasteiger partial charge in [0.15, 0.2) is 5.65 Å². The quantitative estimate of drug-likeness (QED) is 0.536. The topological polar surface area (TPSA) is 75.9 Å². The highest BCUT2D eigenvalue weighted by atomic mass is 16.1. The maximum atomic E-state index is 11.5. The van der Waals surface area contributed by atoms with Crippen LogP contribution in [0.1, 0.15) is 0 Å². The van der Waals surface area contributed by atoms with Gasteiger partial charge < -0.3 is 0 Å². The van der Waals surface area contributed by atoms with Gasteiger partial charge in [0, 0.05) is 18.6 Å². The highest BCUT2D eigenvalue weighted by Crippen LogP contribution is 2.08. The number of hydrogen-bond donors (Lipinski definition) is 1. The molecule has 0 fully saturated rings. The van der Waals surface area contributed by atoms with Crippen LogP contribution in [0.5, 0.6) is 0 Å². The van der Waals surface area contributed by atoms with Crippen molar-refractivity contribution in [2.45, 2.75) is 0 Å². The number of aromatic nitrogens is 5. The summed E-state index contributed by atoms with van der Waals surface area (Å²) in [6, 6.07) is 0. The molecule has 0 aromatic carbocycles. The van der Waals surface area contributed by atoms with Crippen molar-refractivity contribution >= 4 is 16.6 Å². The Balaban J connectivity index is 2.74. The molecule has 3 heterocycles. The second kappa shape index (κ2) is 2.38. The highest BCUT2D eigenvalue weighted by molar-refractivity contribution is 5.88. The van der Waals surface area contributed by atoms with Gasteiger partial charge in [-0.15, -0.1) is 0 Å². The Morgan fingerprint density at radius 3 is 3.21 bits per heavy atom. The number of fused-ring (bicyclic) bond motifs is 3. The molecule has 14 heavy (non-hydrogen) atoms. The summed E-state index contributed by atoms with van der Waals surface area (Å²) >= 11 is 0. The maximum Gasteiger partial charge on any atom is 0.274 e. The van der Waals surface area contributed by atoms with Crippen molar-refractivity contribution in [3.8, 4) is 0 Å². The van der Waals surface area contributed by atoms with Gasteiger partial charge in [-0.3, -0.25) is 9.89 Å². The molecule has 0 amide bonds. The fourth-order valence-corrected chi connectivity index (χ4v) is 1.41. The largest absolute Gasteiger partial charge is 0.274 e. The highest BCUT2D eigenvalue weighted by Gasteiger charge is 2.05. The van der Waals surface area contributed by atoms with Gasteiger partial charge in [-0.2, -0.15) is 0 Å². The first-order valence-electron chi connectivity index (χ1n) is 4.01. The van der Waals surface area contributed by atoms with E-state index in [0.29, 0.717) is 16.6 Å². The summed E-state index contributed by atoms with van der Waals surface area (Å²) in [6.07, 6.45) is 6.15. The Hall–Kier alpha value is -2.24. The lowest BCUT2D eigenvalue weighted by molar-refractivity contribution is 0.914. The van der Waals surface area contributed by atoms with E-state index in [2.05, 4.69) is 20.1 Å². The van der Waals surface area contributed by atoms with E-state index in [4.69, 9.17) is 0 Å². The van der Waals surface area contributed by atoms with Crippen LogP contribution >= 0.6 is 0 Å². The zero-order valence-corrected chi connectivity index (χ0v) is 7.01. The normalized spacial score (nSPS) is 11.1. The molecule has 0 radical (unpaired) electrons. The third-order valence-electron chi connectivity index (χ3n) is 2.03. The van der Waals surface area contributed by atoms with Crippen molar-refractivity contribution in [3.63, 3.8) is 0 Å². The van der Waals surface area contributed by atoms with Crippen LogP contribution in [-0.4, -0.2) is 24.6 Å². The average molecular weight is 187 g/mol. The predicted molar refractivity (Wildman–Crippen MR) is 48.9 cm³/mol. The third-order valence-corrected chi connectivity index (χ3v) is 2.03. The first kappa shape index (κ1) is 7.19. The molecule has 0 bridgehead atoms. The second-order valence-electron chi connectivity index (χ2n) is 2.85. The van der Waals surface area contributed by atoms with Gasteiger partial charge in [0.05, 0.1) is 5.39 Å². The molecule has 3 rings (SSSR count). The molecular formula is C8H5N5O. The van der Waals surface area contributed by atoms with Gasteiger partial charge >= 0.3 is 0 Å². The van der Waals surface area contributed by atoms with E-state index in [1.807, 2.05) is 0 Å². The summed E-state index contributed by atoms with van der Waals surface area (Å²) in [7, 11) is 0. The Labute approximate surface area is 77.2 Å². The van der Waals surface area contributed by atoms with Crippen molar-refractivity contribution in [1.29, 1.82) is 0 Å². The van der Waals surface area contributed by atoms with E-state index in [9.17, 15) is 4.79 Å². The molecule has 3 aromatic rings. The summed E-state index contributed by atoms with van der Waals surface area (Å²) in [5.74, 6) is 0.